The van der Waals surface area contributed by atoms with E-state index in [2.05, 4.69) is 15.4 Å². The minimum atomic E-state index is -4.80. The van der Waals surface area contributed by atoms with Gasteiger partial charge in [-0.3, -0.25) is 0 Å². The van der Waals surface area contributed by atoms with Gasteiger partial charge in [-0.25, -0.2) is 18.4 Å². The number of rotatable bonds is 4. The molecule has 4 N–H and O–H groups in total. The minimum Gasteiger partial charge on any atom is -0.406 e. The molecule has 2 amide bonds. The van der Waals surface area contributed by atoms with Crippen molar-refractivity contribution in [3.05, 3.63) is 48.5 Å². The number of sulfonamides is 1. The Morgan fingerprint density at radius 2 is 1.60 bits per heavy atom. The molecule has 0 unspecified atom stereocenters. The first-order valence-electron chi connectivity index (χ1n) is 6.60. The summed E-state index contributed by atoms with van der Waals surface area (Å²) >= 11 is 0. The molecule has 0 atom stereocenters. The Kier molecular flexibility index (Phi) is 5.18. The third kappa shape index (κ3) is 5.97. The van der Waals surface area contributed by atoms with Gasteiger partial charge < -0.3 is 15.4 Å². The predicted molar refractivity (Wildman–Crippen MR) is 83.6 cm³/mol. The van der Waals surface area contributed by atoms with Gasteiger partial charge in [-0.1, -0.05) is 6.07 Å². The Balaban J connectivity index is 2.01. The van der Waals surface area contributed by atoms with E-state index >= 15 is 0 Å². The number of nitrogens with one attached hydrogen (secondary N) is 2. The molecule has 2 rings (SSSR count). The summed E-state index contributed by atoms with van der Waals surface area (Å²) in [4.78, 5) is 11.7. The second-order valence-corrected chi connectivity index (χ2v) is 6.29. The lowest BCUT2D eigenvalue weighted by atomic mass is 10.3. The number of halogens is 3. The zero-order valence-electron chi connectivity index (χ0n) is 12.4. The summed E-state index contributed by atoms with van der Waals surface area (Å²) in [6.07, 6.45) is -4.80. The number of urea groups is 1. The van der Waals surface area contributed by atoms with Gasteiger partial charge in [0.2, 0.25) is 10.0 Å². The molecule has 2 aromatic rings. The second kappa shape index (κ2) is 6.99. The van der Waals surface area contributed by atoms with Gasteiger partial charge in [0.25, 0.3) is 0 Å². The van der Waals surface area contributed by atoms with E-state index in [0.29, 0.717) is 0 Å². The Hall–Kier alpha value is -2.79. The molecular formula is C14H12F3N3O4S. The van der Waals surface area contributed by atoms with Crippen LogP contribution < -0.4 is 20.5 Å². The zero-order valence-corrected chi connectivity index (χ0v) is 13.2. The maximum atomic E-state index is 12.1. The van der Waals surface area contributed by atoms with Crippen molar-refractivity contribution in [1.82, 2.24) is 0 Å². The van der Waals surface area contributed by atoms with Gasteiger partial charge in [0, 0.05) is 11.4 Å². The van der Waals surface area contributed by atoms with Gasteiger partial charge >= 0.3 is 12.4 Å². The van der Waals surface area contributed by atoms with E-state index in [1.807, 2.05) is 0 Å². The average Bonchev–Trinajstić information content (AvgIpc) is 2.47. The largest absolute Gasteiger partial charge is 0.573 e. The van der Waals surface area contributed by atoms with Crippen molar-refractivity contribution in [2.75, 3.05) is 10.6 Å². The van der Waals surface area contributed by atoms with Crippen LogP contribution in [0.4, 0.5) is 29.3 Å². The lowest BCUT2D eigenvalue weighted by Gasteiger charge is -2.11. The topological polar surface area (TPSA) is 111 Å². The first kappa shape index (κ1) is 18.5. The number of carbonyl (C=O) groups excluding carboxylic acids is 1. The van der Waals surface area contributed by atoms with Gasteiger partial charge in [0.1, 0.15) is 5.75 Å². The third-order valence-corrected chi connectivity index (χ3v) is 3.68. The van der Waals surface area contributed by atoms with Crippen molar-refractivity contribution < 1.29 is 31.1 Å². The summed E-state index contributed by atoms with van der Waals surface area (Å²) in [6, 6.07) is 9.01. The van der Waals surface area contributed by atoms with Crippen molar-refractivity contribution in [2.24, 2.45) is 5.14 Å². The molecule has 0 aliphatic rings. The number of carbonyl (C=O) groups is 1. The maximum Gasteiger partial charge on any atom is 0.573 e. The number of benzene rings is 2. The van der Waals surface area contributed by atoms with Crippen LogP contribution >= 0.6 is 0 Å². The molecule has 7 nitrogen and oxygen atoms in total. The fourth-order valence-electron chi connectivity index (χ4n) is 1.78. The van der Waals surface area contributed by atoms with Crippen LogP contribution in [0, 0.1) is 0 Å². The summed E-state index contributed by atoms with van der Waals surface area (Å²) in [7, 11) is -3.92. The Morgan fingerprint density at radius 1 is 1.00 bits per heavy atom. The Bertz CT molecular complexity index is 868. The second-order valence-electron chi connectivity index (χ2n) is 4.72. The van der Waals surface area contributed by atoms with Gasteiger partial charge in [-0.05, 0) is 42.5 Å². The van der Waals surface area contributed by atoms with Crippen molar-refractivity contribution >= 4 is 27.4 Å². The van der Waals surface area contributed by atoms with E-state index < -0.39 is 28.2 Å². The lowest BCUT2D eigenvalue weighted by Crippen LogP contribution is -2.20. The SMILES string of the molecule is NS(=O)(=O)c1cccc(NC(=O)Nc2ccc(OC(F)(F)F)cc2)c1. The van der Waals surface area contributed by atoms with E-state index in [1.165, 1.54) is 30.3 Å². The highest BCUT2D eigenvalue weighted by molar-refractivity contribution is 7.89. The monoisotopic (exact) mass is 375 g/mol. The van der Waals surface area contributed by atoms with Crippen LogP contribution in [0.15, 0.2) is 53.4 Å². The smallest absolute Gasteiger partial charge is 0.406 e. The molecule has 0 radical (unpaired) electrons. The molecule has 0 heterocycles. The third-order valence-electron chi connectivity index (χ3n) is 2.77. The van der Waals surface area contributed by atoms with E-state index in [9.17, 15) is 26.4 Å². The van der Waals surface area contributed by atoms with Gasteiger partial charge in [0.05, 0.1) is 4.90 Å². The molecule has 0 aromatic heterocycles. The molecule has 0 bridgehead atoms. The van der Waals surface area contributed by atoms with Gasteiger partial charge in [-0.2, -0.15) is 0 Å². The molecule has 0 spiro atoms. The van der Waals surface area contributed by atoms with Gasteiger partial charge in [0.15, 0.2) is 0 Å². The van der Waals surface area contributed by atoms with E-state index in [-0.39, 0.29) is 16.3 Å². The number of amides is 2. The molecule has 25 heavy (non-hydrogen) atoms. The summed E-state index contributed by atoms with van der Waals surface area (Å²) in [5.74, 6) is -0.431. The van der Waals surface area contributed by atoms with Crippen LogP contribution in [0.1, 0.15) is 0 Å². The van der Waals surface area contributed by atoms with Crippen LogP contribution in [-0.2, 0) is 10.0 Å². The molecule has 0 saturated heterocycles. The van der Waals surface area contributed by atoms with Crippen LogP contribution in [0.3, 0.4) is 0 Å². The molecule has 134 valence electrons. The van der Waals surface area contributed by atoms with Crippen molar-refractivity contribution in [3.63, 3.8) is 0 Å². The molecule has 0 aliphatic heterocycles. The first-order chi connectivity index (χ1) is 11.5. The van der Waals surface area contributed by atoms with Crippen molar-refractivity contribution in [2.45, 2.75) is 11.3 Å². The fraction of sp³-hybridized carbons (Fsp3) is 0.0714. The van der Waals surface area contributed by atoms with Crippen LogP contribution in [0.2, 0.25) is 0 Å². The standard InChI is InChI=1S/C14H12F3N3O4S/c15-14(16,17)24-11-6-4-9(5-7-11)19-13(21)20-10-2-1-3-12(8-10)25(18,22)23/h1-8H,(H2,18,22,23)(H2,19,20,21). The van der Waals surface area contributed by atoms with Crippen LogP contribution in [0.5, 0.6) is 5.75 Å². The summed E-state index contributed by atoms with van der Waals surface area (Å²) in [5.41, 5.74) is 0.371. The van der Waals surface area contributed by atoms with E-state index in [4.69, 9.17) is 5.14 Å². The summed E-state index contributed by atoms with van der Waals surface area (Å²) in [5, 5.41) is 9.74. The molecule has 2 aromatic carbocycles. The molecule has 0 fully saturated rings. The number of nitrogens with two attached hydrogens (primary N) is 1. The van der Waals surface area contributed by atoms with Crippen LogP contribution in [0.25, 0.3) is 0 Å². The predicted octanol–water partition coefficient (Wildman–Crippen LogP) is 2.88. The summed E-state index contributed by atoms with van der Waals surface area (Å²) < 4.78 is 62.4. The van der Waals surface area contributed by atoms with Crippen LogP contribution in [-0.4, -0.2) is 20.8 Å². The number of hydrogen-bond acceptors (Lipinski definition) is 4. The molecule has 0 saturated carbocycles. The Labute approximate surface area is 140 Å². The average molecular weight is 375 g/mol. The number of ether oxygens (including phenoxy) is 1. The number of alkyl halides is 3. The highest BCUT2D eigenvalue weighted by atomic mass is 32.2. The molecule has 0 aliphatic carbocycles. The van der Waals surface area contributed by atoms with Crippen molar-refractivity contribution in [1.29, 1.82) is 0 Å². The van der Waals surface area contributed by atoms with Gasteiger partial charge in [-0.15, -0.1) is 13.2 Å². The normalized spacial score (nSPS) is 11.7. The molecular weight excluding hydrogens is 363 g/mol. The quantitative estimate of drug-likeness (QED) is 0.763. The number of anilines is 2. The van der Waals surface area contributed by atoms with E-state index in [0.717, 1.165) is 18.2 Å². The fourth-order valence-corrected chi connectivity index (χ4v) is 2.34. The highest BCUT2D eigenvalue weighted by Crippen LogP contribution is 2.24. The first-order valence-corrected chi connectivity index (χ1v) is 8.14. The van der Waals surface area contributed by atoms with E-state index in [1.54, 1.807) is 0 Å². The Morgan fingerprint density at radius 3 is 2.16 bits per heavy atom. The maximum absolute atomic E-state index is 12.1. The highest BCUT2D eigenvalue weighted by Gasteiger charge is 2.30. The number of primary sulfonamides is 1. The van der Waals surface area contributed by atoms with Crippen molar-refractivity contribution in [3.8, 4) is 5.75 Å². The number of hydrogen-bond donors (Lipinski definition) is 3. The zero-order chi connectivity index (χ0) is 18.7. The summed E-state index contributed by atoms with van der Waals surface area (Å²) in [6.45, 7) is 0. The molecule has 11 heteroatoms. The lowest BCUT2D eigenvalue weighted by molar-refractivity contribution is -0.274. The minimum absolute atomic E-state index is 0.168.